The van der Waals surface area contributed by atoms with E-state index in [2.05, 4.69) is 29.6 Å². The molecule has 4 rings (SSSR count). The third-order valence-electron chi connectivity index (χ3n) is 6.76. The van der Waals surface area contributed by atoms with E-state index in [-0.39, 0.29) is 25.0 Å². The lowest BCUT2D eigenvalue weighted by Crippen LogP contribution is -2.59. The van der Waals surface area contributed by atoms with E-state index in [1.54, 1.807) is 9.80 Å². The molecule has 0 aromatic heterocycles. The van der Waals surface area contributed by atoms with E-state index in [1.807, 2.05) is 45.0 Å². The average Bonchev–Trinajstić information content (AvgIpc) is 3.14. The number of amides is 2. The van der Waals surface area contributed by atoms with Gasteiger partial charge in [0.1, 0.15) is 12.6 Å². The molecule has 1 heterocycles. The number of rotatable bonds is 6. The number of benzene rings is 2. The highest BCUT2D eigenvalue weighted by Crippen LogP contribution is 2.44. The zero-order valence-corrected chi connectivity index (χ0v) is 20.5. The number of carbonyl (C=O) groups is 3. The number of carboxylic acid groups (broad SMARTS) is 1. The summed E-state index contributed by atoms with van der Waals surface area (Å²) in [5.41, 5.74) is 4.04. The minimum atomic E-state index is -0.880. The molecule has 186 valence electrons. The maximum atomic E-state index is 13.3. The maximum Gasteiger partial charge on any atom is 0.407 e. The van der Waals surface area contributed by atoms with Gasteiger partial charge < -0.3 is 20.1 Å². The minimum absolute atomic E-state index is 0.0390. The van der Waals surface area contributed by atoms with Crippen molar-refractivity contribution < 1.29 is 24.2 Å². The van der Waals surface area contributed by atoms with Crippen LogP contribution in [0, 0.1) is 5.41 Å². The van der Waals surface area contributed by atoms with Crippen molar-refractivity contribution >= 4 is 18.0 Å². The van der Waals surface area contributed by atoms with Gasteiger partial charge in [0, 0.05) is 32.1 Å². The highest BCUT2D eigenvalue weighted by molar-refractivity contribution is 5.86. The van der Waals surface area contributed by atoms with Crippen LogP contribution in [0.2, 0.25) is 0 Å². The van der Waals surface area contributed by atoms with E-state index in [0.29, 0.717) is 26.2 Å². The standard InChI is InChI=1S/C27H33N3O5/c1-27(2,3)24(25(33)30-14-12-29(13-15-30)16-23(31)32)28-26(34)35-17-22-20-10-6-4-8-18(20)19-9-5-7-11-21(19)22/h4-11,22,24H,12-17H2,1-3H3,(H,28,34)(H,31,32)/t24-/m1/s1. The van der Waals surface area contributed by atoms with Crippen LogP contribution in [0.5, 0.6) is 0 Å². The van der Waals surface area contributed by atoms with Crippen molar-refractivity contribution in [3.63, 3.8) is 0 Å². The largest absolute Gasteiger partial charge is 0.480 e. The second kappa shape index (κ2) is 10.1. The molecule has 35 heavy (non-hydrogen) atoms. The van der Waals surface area contributed by atoms with E-state index in [4.69, 9.17) is 9.84 Å². The maximum absolute atomic E-state index is 13.3. The molecule has 1 saturated heterocycles. The zero-order chi connectivity index (χ0) is 25.2. The lowest BCUT2D eigenvalue weighted by molar-refractivity contribution is -0.140. The van der Waals surface area contributed by atoms with Crippen LogP contribution in [0.4, 0.5) is 4.79 Å². The Kier molecular flexibility index (Phi) is 7.12. The Hall–Kier alpha value is -3.39. The van der Waals surface area contributed by atoms with Crippen LogP contribution < -0.4 is 5.32 Å². The number of aliphatic carboxylic acids is 1. The molecular formula is C27H33N3O5. The molecule has 0 saturated carbocycles. The molecule has 8 heteroatoms. The predicted molar refractivity (Wildman–Crippen MR) is 132 cm³/mol. The fraction of sp³-hybridized carbons (Fsp3) is 0.444. The number of alkyl carbamates (subject to hydrolysis) is 1. The number of piperazine rings is 1. The first-order valence-corrected chi connectivity index (χ1v) is 12.0. The topological polar surface area (TPSA) is 99.2 Å². The normalized spacial score (nSPS) is 16.8. The Morgan fingerprint density at radius 2 is 1.51 bits per heavy atom. The Balaban J connectivity index is 1.39. The van der Waals surface area contributed by atoms with Crippen LogP contribution in [0.3, 0.4) is 0 Å². The third-order valence-corrected chi connectivity index (χ3v) is 6.76. The van der Waals surface area contributed by atoms with Crippen molar-refractivity contribution in [1.29, 1.82) is 0 Å². The van der Waals surface area contributed by atoms with Gasteiger partial charge in [-0.1, -0.05) is 69.3 Å². The van der Waals surface area contributed by atoms with Crippen LogP contribution in [0.25, 0.3) is 11.1 Å². The molecule has 8 nitrogen and oxygen atoms in total. The molecule has 0 unspecified atom stereocenters. The molecule has 1 aliphatic heterocycles. The van der Waals surface area contributed by atoms with E-state index >= 15 is 0 Å². The minimum Gasteiger partial charge on any atom is -0.480 e. The van der Waals surface area contributed by atoms with Gasteiger partial charge >= 0.3 is 12.1 Å². The van der Waals surface area contributed by atoms with E-state index in [0.717, 1.165) is 22.3 Å². The lowest BCUT2D eigenvalue weighted by Gasteiger charge is -2.39. The van der Waals surface area contributed by atoms with E-state index < -0.39 is 23.5 Å². The molecule has 2 N–H and O–H groups in total. The second-order valence-electron chi connectivity index (χ2n) is 10.3. The number of ether oxygens (including phenoxy) is 1. The summed E-state index contributed by atoms with van der Waals surface area (Å²) in [6.45, 7) is 7.66. The molecule has 2 aromatic rings. The summed E-state index contributed by atoms with van der Waals surface area (Å²) in [5, 5.41) is 11.8. The molecule has 0 spiro atoms. The third kappa shape index (κ3) is 5.48. The van der Waals surface area contributed by atoms with Crippen molar-refractivity contribution in [3.05, 3.63) is 59.7 Å². The van der Waals surface area contributed by atoms with Crippen LogP contribution in [0.1, 0.15) is 37.8 Å². The molecular weight excluding hydrogens is 446 g/mol. The van der Waals surface area contributed by atoms with Crippen molar-refractivity contribution in [1.82, 2.24) is 15.1 Å². The monoisotopic (exact) mass is 479 g/mol. The zero-order valence-electron chi connectivity index (χ0n) is 20.5. The molecule has 2 aromatic carbocycles. The van der Waals surface area contributed by atoms with Gasteiger partial charge in [-0.15, -0.1) is 0 Å². The first-order valence-electron chi connectivity index (χ1n) is 12.0. The number of fused-ring (bicyclic) bond motifs is 3. The van der Waals surface area contributed by atoms with Gasteiger partial charge in [-0.05, 0) is 27.7 Å². The summed E-state index contributed by atoms with van der Waals surface area (Å²) in [4.78, 5) is 40.6. The number of carboxylic acids is 1. The number of hydrogen-bond donors (Lipinski definition) is 2. The average molecular weight is 480 g/mol. The van der Waals surface area contributed by atoms with Crippen molar-refractivity contribution in [3.8, 4) is 11.1 Å². The predicted octanol–water partition coefficient (Wildman–Crippen LogP) is 3.17. The molecule has 2 aliphatic rings. The van der Waals surface area contributed by atoms with Crippen molar-refractivity contribution in [2.24, 2.45) is 5.41 Å². The smallest absolute Gasteiger partial charge is 0.407 e. The fourth-order valence-electron chi connectivity index (χ4n) is 4.91. The van der Waals surface area contributed by atoms with Gasteiger partial charge in [0.2, 0.25) is 5.91 Å². The SMILES string of the molecule is CC(C)(C)[C@H](NC(=O)OCC1c2ccccc2-c2ccccc21)C(=O)N1CCN(CC(=O)O)CC1. The Labute approximate surface area is 205 Å². The quantitative estimate of drug-likeness (QED) is 0.660. The summed E-state index contributed by atoms with van der Waals surface area (Å²) in [6.07, 6.45) is -0.621. The first kappa shape index (κ1) is 24.7. The van der Waals surface area contributed by atoms with Crippen LogP contribution in [0.15, 0.2) is 48.5 Å². The first-order chi connectivity index (χ1) is 16.6. The summed E-state index contributed by atoms with van der Waals surface area (Å²) in [7, 11) is 0. The Bertz CT molecular complexity index is 1060. The van der Waals surface area contributed by atoms with E-state index in [1.165, 1.54) is 0 Å². The van der Waals surface area contributed by atoms with Crippen LogP contribution in [-0.2, 0) is 14.3 Å². The Morgan fingerprint density at radius 1 is 0.971 bits per heavy atom. The number of hydrogen-bond acceptors (Lipinski definition) is 5. The fourth-order valence-corrected chi connectivity index (χ4v) is 4.91. The summed E-state index contributed by atoms with van der Waals surface area (Å²) < 4.78 is 5.67. The van der Waals surface area contributed by atoms with Gasteiger partial charge in [-0.3, -0.25) is 14.5 Å². The van der Waals surface area contributed by atoms with Crippen molar-refractivity contribution in [2.75, 3.05) is 39.3 Å². The van der Waals surface area contributed by atoms with Crippen LogP contribution in [-0.4, -0.2) is 78.2 Å². The summed E-state index contributed by atoms with van der Waals surface area (Å²) >= 11 is 0. The molecule has 0 bridgehead atoms. The molecule has 1 aliphatic carbocycles. The molecule has 1 fully saturated rings. The lowest BCUT2D eigenvalue weighted by atomic mass is 9.85. The van der Waals surface area contributed by atoms with Crippen molar-refractivity contribution in [2.45, 2.75) is 32.7 Å². The second-order valence-corrected chi connectivity index (χ2v) is 10.3. The summed E-state index contributed by atoms with van der Waals surface area (Å²) in [6, 6.07) is 15.5. The Morgan fingerprint density at radius 3 is 2.03 bits per heavy atom. The van der Waals surface area contributed by atoms with Gasteiger partial charge in [-0.2, -0.15) is 0 Å². The highest BCUT2D eigenvalue weighted by atomic mass is 16.5. The number of nitrogens with zero attached hydrogens (tertiary/aromatic N) is 2. The molecule has 0 radical (unpaired) electrons. The van der Waals surface area contributed by atoms with Crippen LogP contribution >= 0.6 is 0 Å². The molecule has 2 amide bonds. The van der Waals surface area contributed by atoms with Gasteiger partial charge in [0.25, 0.3) is 0 Å². The van der Waals surface area contributed by atoms with Gasteiger partial charge in [-0.25, -0.2) is 4.79 Å². The molecule has 1 atom stereocenters. The number of nitrogens with one attached hydrogen (secondary N) is 1. The van der Waals surface area contributed by atoms with Gasteiger partial charge in [0.15, 0.2) is 0 Å². The number of carbonyl (C=O) groups excluding carboxylic acids is 2. The highest BCUT2D eigenvalue weighted by Gasteiger charge is 2.37. The summed E-state index contributed by atoms with van der Waals surface area (Å²) in [5.74, 6) is -1.12. The van der Waals surface area contributed by atoms with Gasteiger partial charge in [0.05, 0.1) is 6.54 Å². The van der Waals surface area contributed by atoms with E-state index in [9.17, 15) is 14.4 Å².